The van der Waals surface area contributed by atoms with Gasteiger partial charge < -0.3 is 9.15 Å². The molecule has 8 heteroatoms. The Hall–Kier alpha value is -4.04. The van der Waals surface area contributed by atoms with E-state index < -0.39 is 17.9 Å². The summed E-state index contributed by atoms with van der Waals surface area (Å²) < 4.78 is 11.1. The average Bonchev–Trinajstić information content (AvgIpc) is 3.36. The van der Waals surface area contributed by atoms with E-state index in [1.807, 2.05) is 31.2 Å². The number of nitrogens with zero attached hydrogens (tertiary/aromatic N) is 2. The Morgan fingerprint density at radius 1 is 1.18 bits per heavy atom. The molecule has 0 bridgehead atoms. The Morgan fingerprint density at radius 3 is 2.65 bits per heavy atom. The van der Waals surface area contributed by atoms with Crippen molar-refractivity contribution in [2.45, 2.75) is 19.9 Å². The van der Waals surface area contributed by atoms with Gasteiger partial charge in [0.05, 0.1) is 22.7 Å². The first-order chi connectivity index (χ1) is 16.4. The van der Waals surface area contributed by atoms with Gasteiger partial charge in [-0.3, -0.25) is 14.5 Å². The van der Waals surface area contributed by atoms with E-state index in [0.29, 0.717) is 16.7 Å². The summed E-state index contributed by atoms with van der Waals surface area (Å²) in [4.78, 5) is 45.9. The van der Waals surface area contributed by atoms with Crippen molar-refractivity contribution < 1.29 is 18.7 Å². The standard InChI is InChI=1S/C26H20N2O5S/c1-4-13-32-25(31)23-15(3)27-26(34-23)28-20(16-11-9-14(2)10-12-16)19-21(29)17-7-5-6-8-18(17)33-22(19)24(28)30/h4-12,20H,1,13H2,2-3H3/t20-/m1/s1. The Bertz CT molecular complexity index is 1520. The molecule has 0 saturated heterocycles. The number of thiazole rings is 1. The normalized spacial score (nSPS) is 14.9. The predicted molar refractivity (Wildman–Crippen MR) is 130 cm³/mol. The number of hydrogen-bond donors (Lipinski definition) is 0. The van der Waals surface area contributed by atoms with E-state index in [0.717, 1.165) is 22.5 Å². The fraction of sp³-hybridized carbons (Fsp3) is 0.154. The van der Waals surface area contributed by atoms with Crippen molar-refractivity contribution in [2.24, 2.45) is 0 Å². The van der Waals surface area contributed by atoms with E-state index >= 15 is 0 Å². The minimum atomic E-state index is -0.744. The van der Waals surface area contributed by atoms with Gasteiger partial charge in [-0.2, -0.15) is 0 Å². The first kappa shape index (κ1) is 21.8. The number of para-hydroxylation sites is 1. The van der Waals surface area contributed by atoms with Gasteiger partial charge in [-0.05, 0) is 31.5 Å². The van der Waals surface area contributed by atoms with Crippen LogP contribution in [0.5, 0.6) is 0 Å². The zero-order valence-corrected chi connectivity index (χ0v) is 19.3. The van der Waals surface area contributed by atoms with Crippen molar-refractivity contribution in [1.82, 2.24) is 4.98 Å². The maximum Gasteiger partial charge on any atom is 0.350 e. The molecule has 0 unspecified atom stereocenters. The smallest absolute Gasteiger partial charge is 0.350 e. The number of benzene rings is 2. The van der Waals surface area contributed by atoms with Crippen LogP contribution in [-0.2, 0) is 4.74 Å². The summed E-state index contributed by atoms with van der Waals surface area (Å²) in [6, 6.07) is 13.7. The lowest BCUT2D eigenvalue weighted by Crippen LogP contribution is -2.29. The van der Waals surface area contributed by atoms with Crippen molar-refractivity contribution in [3.63, 3.8) is 0 Å². The van der Waals surface area contributed by atoms with Crippen molar-refractivity contribution in [3.05, 3.63) is 104 Å². The van der Waals surface area contributed by atoms with Crippen LogP contribution in [-0.4, -0.2) is 23.5 Å². The molecule has 0 aliphatic carbocycles. The van der Waals surface area contributed by atoms with Gasteiger partial charge in [-0.15, -0.1) is 0 Å². The van der Waals surface area contributed by atoms with Crippen LogP contribution >= 0.6 is 11.3 Å². The number of aromatic nitrogens is 1. The minimum Gasteiger partial charge on any atom is -0.457 e. The quantitative estimate of drug-likeness (QED) is 0.301. The zero-order valence-electron chi connectivity index (χ0n) is 18.5. The first-order valence-corrected chi connectivity index (χ1v) is 11.4. The number of carbonyl (C=O) groups excluding carboxylic acids is 2. The zero-order chi connectivity index (χ0) is 24.0. The molecule has 34 heavy (non-hydrogen) atoms. The molecule has 0 saturated carbocycles. The van der Waals surface area contributed by atoms with Gasteiger partial charge in [-0.1, -0.05) is 66.0 Å². The molecule has 1 aliphatic rings. The lowest BCUT2D eigenvalue weighted by Gasteiger charge is -2.22. The Kier molecular flexibility index (Phi) is 5.37. The molecule has 5 rings (SSSR count). The summed E-state index contributed by atoms with van der Waals surface area (Å²) >= 11 is 1.04. The molecule has 2 aromatic heterocycles. The molecule has 1 atom stereocenters. The van der Waals surface area contributed by atoms with Crippen molar-refractivity contribution in [1.29, 1.82) is 0 Å². The maximum atomic E-state index is 13.6. The molecule has 2 aromatic carbocycles. The molecule has 0 fully saturated rings. The summed E-state index contributed by atoms with van der Waals surface area (Å²) in [6.45, 7) is 7.25. The number of anilines is 1. The van der Waals surface area contributed by atoms with Crippen LogP contribution in [0.4, 0.5) is 5.13 Å². The van der Waals surface area contributed by atoms with Gasteiger partial charge >= 0.3 is 5.97 Å². The highest BCUT2D eigenvalue weighted by Gasteiger charge is 2.45. The molecule has 7 nitrogen and oxygen atoms in total. The number of ether oxygens (including phenoxy) is 1. The predicted octanol–water partition coefficient (Wildman–Crippen LogP) is 4.96. The van der Waals surface area contributed by atoms with Crippen LogP contribution in [0.3, 0.4) is 0 Å². The highest BCUT2D eigenvalue weighted by Crippen LogP contribution is 2.43. The number of carbonyl (C=O) groups is 2. The van der Waals surface area contributed by atoms with Gasteiger partial charge in [0, 0.05) is 0 Å². The van der Waals surface area contributed by atoms with Crippen LogP contribution in [0.1, 0.15) is 48.7 Å². The third kappa shape index (κ3) is 3.43. The van der Waals surface area contributed by atoms with Crippen LogP contribution in [0.2, 0.25) is 0 Å². The van der Waals surface area contributed by atoms with Crippen molar-refractivity contribution >= 4 is 39.3 Å². The van der Waals surface area contributed by atoms with Gasteiger partial charge in [0.15, 0.2) is 10.6 Å². The highest BCUT2D eigenvalue weighted by atomic mass is 32.1. The molecule has 0 N–H and O–H groups in total. The number of esters is 1. The Labute approximate surface area is 198 Å². The SMILES string of the molecule is C=CCOC(=O)c1sc(N2C(=O)c3oc4ccccc4c(=O)c3[C@H]2c2ccc(C)cc2)nc1C. The van der Waals surface area contributed by atoms with E-state index in [-0.39, 0.29) is 33.4 Å². The largest absolute Gasteiger partial charge is 0.457 e. The van der Waals surface area contributed by atoms with Gasteiger partial charge in [0.1, 0.15) is 17.1 Å². The first-order valence-electron chi connectivity index (χ1n) is 10.6. The molecular weight excluding hydrogens is 452 g/mol. The highest BCUT2D eigenvalue weighted by molar-refractivity contribution is 7.17. The van der Waals surface area contributed by atoms with E-state index in [4.69, 9.17) is 9.15 Å². The second-order valence-corrected chi connectivity index (χ2v) is 8.93. The number of aryl methyl sites for hydroxylation is 2. The van der Waals surface area contributed by atoms with Crippen molar-refractivity contribution in [2.75, 3.05) is 11.5 Å². The van der Waals surface area contributed by atoms with Gasteiger partial charge in [0.25, 0.3) is 5.91 Å². The minimum absolute atomic E-state index is 0.0158. The molecule has 0 radical (unpaired) electrons. The monoisotopic (exact) mass is 472 g/mol. The molecule has 170 valence electrons. The summed E-state index contributed by atoms with van der Waals surface area (Å²) in [7, 11) is 0. The number of fused-ring (bicyclic) bond motifs is 2. The molecule has 1 amide bonds. The molecule has 0 spiro atoms. The maximum absolute atomic E-state index is 13.6. The van der Waals surface area contributed by atoms with Crippen LogP contribution in [0.15, 0.2) is 70.4 Å². The number of amides is 1. The summed E-state index contributed by atoms with van der Waals surface area (Å²) in [5.41, 5.74) is 2.55. The average molecular weight is 473 g/mol. The van der Waals surface area contributed by atoms with Crippen LogP contribution < -0.4 is 10.3 Å². The van der Waals surface area contributed by atoms with E-state index in [9.17, 15) is 14.4 Å². The van der Waals surface area contributed by atoms with E-state index in [1.54, 1.807) is 31.2 Å². The second-order valence-electron chi connectivity index (χ2n) is 7.96. The number of rotatable bonds is 5. The van der Waals surface area contributed by atoms with E-state index in [1.165, 1.54) is 11.0 Å². The summed E-state index contributed by atoms with van der Waals surface area (Å²) in [5, 5.41) is 0.686. The topological polar surface area (TPSA) is 89.7 Å². The lowest BCUT2D eigenvalue weighted by molar-refractivity contribution is 0.0554. The van der Waals surface area contributed by atoms with Gasteiger partial charge in [0.2, 0.25) is 5.76 Å². The van der Waals surface area contributed by atoms with Crippen molar-refractivity contribution in [3.8, 4) is 0 Å². The molecule has 1 aliphatic heterocycles. The van der Waals surface area contributed by atoms with Gasteiger partial charge in [-0.25, -0.2) is 9.78 Å². The third-order valence-electron chi connectivity index (χ3n) is 5.68. The fourth-order valence-electron chi connectivity index (χ4n) is 4.06. The summed E-state index contributed by atoms with van der Waals surface area (Å²) in [6.07, 6.45) is 1.48. The molecular formula is C26H20N2O5S. The Morgan fingerprint density at radius 2 is 1.91 bits per heavy atom. The molecule has 3 heterocycles. The van der Waals surface area contributed by atoms with E-state index in [2.05, 4.69) is 11.6 Å². The summed E-state index contributed by atoms with van der Waals surface area (Å²) in [5.74, 6) is -1.04. The second kappa shape index (κ2) is 8.39. The fourth-order valence-corrected chi connectivity index (χ4v) is 5.04. The number of hydrogen-bond acceptors (Lipinski definition) is 7. The third-order valence-corrected chi connectivity index (χ3v) is 6.82. The lowest BCUT2D eigenvalue weighted by atomic mass is 9.98. The van der Waals surface area contributed by atoms with Crippen LogP contribution in [0.25, 0.3) is 11.0 Å². The van der Waals surface area contributed by atoms with Crippen LogP contribution in [0, 0.1) is 13.8 Å². The Balaban J connectivity index is 1.71. The molecule has 4 aromatic rings.